The third kappa shape index (κ3) is 3.41. The minimum absolute atomic E-state index is 0.0879. The summed E-state index contributed by atoms with van der Waals surface area (Å²) in [6.45, 7) is 6.32. The van der Waals surface area contributed by atoms with Crippen molar-refractivity contribution in [3.8, 4) is 0 Å². The Morgan fingerprint density at radius 3 is 2.41 bits per heavy atom. The number of H-pyrrole nitrogens is 1. The summed E-state index contributed by atoms with van der Waals surface area (Å²) in [4.78, 5) is 48.1. The fraction of sp³-hybridized carbons (Fsp3) is 0.500. The van der Waals surface area contributed by atoms with Crippen LogP contribution in [0.1, 0.15) is 37.8 Å². The second-order valence-electron chi connectivity index (χ2n) is 8.84. The Morgan fingerprint density at radius 2 is 1.83 bits per heavy atom. The molecule has 3 N–H and O–H groups in total. The van der Waals surface area contributed by atoms with Gasteiger partial charge in [0.1, 0.15) is 6.04 Å². The van der Waals surface area contributed by atoms with Gasteiger partial charge < -0.3 is 25.2 Å². The van der Waals surface area contributed by atoms with Crippen molar-refractivity contribution in [1.29, 1.82) is 0 Å². The number of aromatic amines is 1. The first kappa shape index (κ1) is 19.2. The molecule has 4 rings (SSSR count). The van der Waals surface area contributed by atoms with Gasteiger partial charge in [0.2, 0.25) is 5.91 Å². The van der Waals surface area contributed by atoms with Gasteiger partial charge in [0.15, 0.2) is 5.82 Å². The van der Waals surface area contributed by atoms with Crippen molar-refractivity contribution in [2.24, 2.45) is 5.41 Å². The number of carboxylic acid groups (broad SMARTS) is 1. The summed E-state index contributed by atoms with van der Waals surface area (Å²) in [5.41, 5.74) is 0.996. The molecule has 3 atom stereocenters. The van der Waals surface area contributed by atoms with E-state index in [4.69, 9.17) is 5.11 Å². The lowest BCUT2D eigenvalue weighted by Gasteiger charge is -2.38. The van der Waals surface area contributed by atoms with E-state index < -0.39 is 17.6 Å². The average molecular weight is 399 g/mol. The maximum atomic E-state index is 13.1. The van der Waals surface area contributed by atoms with Crippen LogP contribution in [0.25, 0.3) is 11.0 Å². The summed E-state index contributed by atoms with van der Waals surface area (Å²) in [6, 6.07) is 6.44. The largest absolute Gasteiger partial charge is 0.465 e. The number of rotatable bonds is 3. The molecule has 2 saturated heterocycles. The number of amides is 3. The molecule has 0 unspecified atom stereocenters. The van der Waals surface area contributed by atoms with E-state index in [0.717, 1.165) is 11.0 Å². The second-order valence-corrected chi connectivity index (χ2v) is 8.84. The molecule has 2 aromatic rings. The standard InChI is InChI=1S/C20H25N5O4/c1-20(2,3)15(23-19(28)29)17(26)24-9-12-8-11(24)10-25(12)18(27)16-21-13-6-4-5-7-14(13)22-16/h4-7,11-12,15,23H,8-10H2,1-3H3,(H,21,22)(H,28,29)/t11-,12-,15+/m0/s1. The van der Waals surface area contributed by atoms with E-state index in [9.17, 15) is 14.4 Å². The van der Waals surface area contributed by atoms with Crippen LogP contribution in [0.3, 0.4) is 0 Å². The third-order valence-corrected chi connectivity index (χ3v) is 5.76. The molecule has 3 amide bonds. The van der Waals surface area contributed by atoms with Gasteiger partial charge in [0.05, 0.1) is 23.1 Å². The molecule has 2 bridgehead atoms. The molecule has 0 spiro atoms. The van der Waals surface area contributed by atoms with Crippen LogP contribution in [-0.2, 0) is 4.79 Å². The number of para-hydroxylation sites is 2. The molecule has 1 aromatic carbocycles. The van der Waals surface area contributed by atoms with Gasteiger partial charge in [-0.05, 0) is 24.0 Å². The number of hydrogen-bond donors (Lipinski definition) is 3. The van der Waals surface area contributed by atoms with Gasteiger partial charge >= 0.3 is 6.09 Å². The van der Waals surface area contributed by atoms with E-state index in [1.165, 1.54) is 0 Å². The second kappa shape index (κ2) is 6.75. The van der Waals surface area contributed by atoms with E-state index in [1.807, 2.05) is 45.0 Å². The van der Waals surface area contributed by atoms with Gasteiger partial charge in [-0.2, -0.15) is 0 Å². The van der Waals surface area contributed by atoms with Gasteiger partial charge in [-0.15, -0.1) is 0 Å². The number of nitrogens with zero attached hydrogens (tertiary/aromatic N) is 3. The lowest BCUT2D eigenvalue weighted by molar-refractivity contribution is -0.138. The zero-order chi connectivity index (χ0) is 20.9. The van der Waals surface area contributed by atoms with Crippen molar-refractivity contribution >= 4 is 28.9 Å². The molecule has 9 nitrogen and oxygen atoms in total. The molecule has 2 aliphatic rings. The fourth-order valence-corrected chi connectivity index (χ4v) is 4.31. The molecular formula is C20H25N5O4. The first-order valence-corrected chi connectivity index (χ1v) is 9.71. The number of hydrogen-bond acceptors (Lipinski definition) is 4. The minimum Gasteiger partial charge on any atom is -0.465 e. The first-order chi connectivity index (χ1) is 13.6. The molecule has 0 aliphatic carbocycles. The Balaban J connectivity index is 1.48. The predicted molar refractivity (Wildman–Crippen MR) is 105 cm³/mol. The summed E-state index contributed by atoms with van der Waals surface area (Å²) in [7, 11) is 0. The molecule has 2 aliphatic heterocycles. The van der Waals surface area contributed by atoms with E-state index in [-0.39, 0.29) is 23.9 Å². The first-order valence-electron chi connectivity index (χ1n) is 9.71. The lowest BCUT2D eigenvalue weighted by atomic mass is 9.85. The summed E-state index contributed by atoms with van der Waals surface area (Å²) in [5, 5.41) is 11.5. The molecule has 2 fully saturated rings. The molecule has 154 valence electrons. The van der Waals surface area contributed by atoms with Crippen molar-refractivity contribution < 1.29 is 19.5 Å². The Kier molecular flexibility index (Phi) is 4.48. The lowest BCUT2D eigenvalue weighted by Crippen LogP contribution is -2.59. The number of aromatic nitrogens is 2. The quantitative estimate of drug-likeness (QED) is 0.725. The van der Waals surface area contributed by atoms with Crippen molar-refractivity contribution in [1.82, 2.24) is 25.1 Å². The summed E-state index contributed by atoms with van der Waals surface area (Å²) in [5.74, 6) is -0.100. The van der Waals surface area contributed by atoms with Gasteiger partial charge in [-0.25, -0.2) is 9.78 Å². The zero-order valence-electron chi connectivity index (χ0n) is 16.7. The van der Waals surface area contributed by atoms with E-state index >= 15 is 0 Å². The highest BCUT2D eigenvalue weighted by atomic mass is 16.4. The van der Waals surface area contributed by atoms with Gasteiger partial charge in [0.25, 0.3) is 5.91 Å². The van der Waals surface area contributed by atoms with Crippen LogP contribution >= 0.6 is 0 Å². The molecule has 0 saturated carbocycles. The molecule has 29 heavy (non-hydrogen) atoms. The number of carbonyl (C=O) groups excluding carboxylic acids is 2. The molecule has 0 radical (unpaired) electrons. The monoisotopic (exact) mass is 399 g/mol. The van der Waals surface area contributed by atoms with Crippen LogP contribution in [0, 0.1) is 5.41 Å². The molecule has 9 heteroatoms. The van der Waals surface area contributed by atoms with E-state index in [0.29, 0.717) is 25.3 Å². The number of carbonyl (C=O) groups is 3. The van der Waals surface area contributed by atoms with Crippen molar-refractivity contribution in [3.05, 3.63) is 30.1 Å². The number of nitrogens with one attached hydrogen (secondary N) is 2. The van der Waals surface area contributed by atoms with Crippen molar-refractivity contribution in [2.75, 3.05) is 13.1 Å². The van der Waals surface area contributed by atoms with Gasteiger partial charge in [-0.1, -0.05) is 32.9 Å². The van der Waals surface area contributed by atoms with E-state index in [2.05, 4.69) is 15.3 Å². The Hall–Kier alpha value is -3.10. The molecule has 1 aromatic heterocycles. The predicted octanol–water partition coefficient (Wildman–Crippen LogP) is 1.67. The number of benzene rings is 1. The maximum absolute atomic E-state index is 13.1. The number of piperazine rings is 1. The van der Waals surface area contributed by atoms with Crippen LogP contribution in [0.5, 0.6) is 0 Å². The van der Waals surface area contributed by atoms with Gasteiger partial charge in [-0.3, -0.25) is 9.59 Å². The van der Waals surface area contributed by atoms with Crippen LogP contribution < -0.4 is 5.32 Å². The fourth-order valence-electron chi connectivity index (χ4n) is 4.31. The highest BCUT2D eigenvalue weighted by Crippen LogP contribution is 2.34. The highest BCUT2D eigenvalue weighted by molar-refractivity contribution is 5.95. The normalized spacial score (nSPS) is 22.2. The van der Waals surface area contributed by atoms with E-state index in [1.54, 1.807) is 9.80 Å². The summed E-state index contributed by atoms with van der Waals surface area (Å²) in [6.07, 6.45) is -0.522. The Labute approximate surface area is 168 Å². The van der Waals surface area contributed by atoms with Crippen molar-refractivity contribution in [2.45, 2.75) is 45.3 Å². The van der Waals surface area contributed by atoms with Crippen LogP contribution in [0.15, 0.2) is 24.3 Å². The smallest absolute Gasteiger partial charge is 0.405 e. The number of likely N-dealkylation sites (tertiary alicyclic amines) is 2. The SMILES string of the molecule is CC(C)(C)[C@H](NC(=O)O)C(=O)N1C[C@@H]2C[C@H]1CN2C(=O)c1nc2ccccc2[nH]1. The Morgan fingerprint density at radius 1 is 1.17 bits per heavy atom. The molecular weight excluding hydrogens is 374 g/mol. The third-order valence-electron chi connectivity index (χ3n) is 5.76. The summed E-state index contributed by atoms with van der Waals surface area (Å²) < 4.78 is 0. The molecule has 3 heterocycles. The minimum atomic E-state index is -1.22. The highest BCUT2D eigenvalue weighted by Gasteiger charge is 2.50. The van der Waals surface area contributed by atoms with Crippen LogP contribution in [-0.4, -0.2) is 74.0 Å². The van der Waals surface area contributed by atoms with Crippen molar-refractivity contribution in [3.63, 3.8) is 0 Å². The maximum Gasteiger partial charge on any atom is 0.405 e. The van der Waals surface area contributed by atoms with Gasteiger partial charge in [0, 0.05) is 13.1 Å². The number of fused-ring (bicyclic) bond motifs is 3. The zero-order valence-corrected chi connectivity index (χ0v) is 16.7. The summed E-state index contributed by atoms with van der Waals surface area (Å²) >= 11 is 0. The topological polar surface area (TPSA) is 119 Å². The van der Waals surface area contributed by atoms with Crippen LogP contribution in [0.2, 0.25) is 0 Å². The average Bonchev–Trinajstić information content (AvgIpc) is 3.36. The Bertz CT molecular complexity index is 946. The number of imidazole rings is 1. The van der Waals surface area contributed by atoms with Crippen LogP contribution in [0.4, 0.5) is 4.79 Å².